The number of carbonyl (C=O) groups excluding carboxylic acids is 2. The number of fused-ring (bicyclic) bond motifs is 4. The van der Waals surface area contributed by atoms with E-state index in [9.17, 15) is 14.0 Å². The number of carbonyl (C=O) groups is 2. The molecule has 178 valence electrons. The van der Waals surface area contributed by atoms with Gasteiger partial charge in [0.15, 0.2) is 5.82 Å². The lowest BCUT2D eigenvalue weighted by Gasteiger charge is -2.44. The van der Waals surface area contributed by atoms with Gasteiger partial charge in [-0.05, 0) is 24.8 Å². The first kappa shape index (κ1) is 21.7. The summed E-state index contributed by atoms with van der Waals surface area (Å²) in [6.45, 7) is -0.0769. The summed E-state index contributed by atoms with van der Waals surface area (Å²) in [6, 6.07) is 1.08. The van der Waals surface area contributed by atoms with E-state index < -0.39 is 5.82 Å². The Kier molecular flexibility index (Phi) is 5.06. The maximum Gasteiger partial charge on any atom is 0.239 e. The molecule has 2 bridgehead atoms. The second kappa shape index (κ2) is 8.16. The minimum Gasteiger partial charge on any atom is -0.358 e. The van der Waals surface area contributed by atoms with Gasteiger partial charge >= 0.3 is 0 Å². The monoisotopic (exact) mass is 493 g/mol. The molecular formula is C24H21ClFN7O2. The summed E-state index contributed by atoms with van der Waals surface area (Å²) in [4.78, 5) is 41.2. The van der Waals surface area contributed by atoms with Gasteiger partial charge in [-0.3, -0.25) is 9.59 Å². The molecule has 35 heavy (non-hydrogen) atoms. The SMILES string of the molecule is CNC(=O)CNC(=O)[C@H]1C2CC(=C[C@@H]1n1cc(Cl)c3cnc(-c4c[nH]c5ncc(F)cc45)nc31)C2. The van der Waals surface area contributed by atoms with Crippen LogP contribution in [-0.2, 0) is 9.59 Å². The number of hydrogen-bond acceptors (Lipinski definition) is 5. The van der Waals surface area contributed by atoms with Crippen LogP contribution in [0.4, 0.5) is 4.39 Å². The van der Waals surface area contributed by atoms with Crippen molar-refractivity contribution in [1.82, 2.24) is 35.1 Å². The maximum absolute atomic E-state index is 13.9. The third-order valence-electron chi connectivity index (χ3n) is 6.92. The van der Waals surface area contributed by atoms with Crippen LogP contribution in [0.15, 0.2) is 42.5 Å². The van der Waals surface area contributed by atoms with E-state index in [1.165, 1.54) is 18.7 Å². The molecule has 0 aliphatic heterocycles. The summed E-state index contributed by atoms with van der Waals surface area (Å²) in [5.41, 5.74) is 3.01. The molecule has 1 fully saturated rings. The summed E-state index contributed by atoms with van der Waals surface area (Å²) in [5.74, 6) is -0.680. The van der Waals surface area contributed by atoms with E-state index in [0.717, 1.165) is 19.0 Å². The van der Waals surface area contributed by atoms with Crippen LogP contribution in [-0.4, -0.2) is 49.9 Å². The van der Waals surface area contributed by atoms with Crippen LogP contribution in [0.3, 0.4) is 0 Å². The molecule has 3 aliphatic carbocycles. The number of pyridine rings is 1. The number of aromatic amines is 1. The number of halogens is 2. The third-order valence-corrected chi connectivity index (χ3v) is 7.22. The van der Waals surface area contributed by atoms with Crippen molar-refractivity contribution in [2.75, 3.05) is 13.6 Å². The van der Waals surface area contributed by atoms with Crippen molar-refractivity contribution >= 4 is 45.5 Å². The van der Waals surface area contributed by atoms with Gasteiger partial charge in [-0.2, -0.15) is 0 Å². The Balaban J connectivity index is 1.43. The fraction of sp³-hybridized carbons (Fsp3) is 0.292. The Labute approximate surface area is 203 Å². The minimum absolute atomic E-state index is 0.0769. The third kappa shape index (κ3) is 3.56. The van der Waals surface area contributed by atoms with Crippen molar-refractivity contribution in [3.8, 4) is 11.4 Å². The van der Waals surface area contributed by atoms with Crippen molar-refractivity contribution in [2.45, 2.75) is 18.9 Å². The number of likely N-dealkylation sites (N-methyl/N-ethyl adjacent to an activating group) is 1. The van der Waals surface area contributed by atoms with E-state index in [1.807, 2.05) is 4.57 Å². The fourth-order valence-electron chi connectivity index (χ4n) is 5.13. The molecule has 0 radical (unpaired) electrons. The van der Waals surface area contributed by atoms with Gasteiger partial charge in [0.2, 0.25) is 11.8 Å². The number of nitrogens with zero attached hydrogens (tertiary/aromatic N) is 4. The summed E-state index contributed by atoms with van der Waals surface area (Å²) < 4.78 is 15.8. The van der Waals surface area contributed by atoms with E-state index in [2.05, 4.69) is 31.7 Å². The summed E-state index contributed by atoms with van der Waals surface area (Å²) in [5, 5.41) is 6.98. The molecule has 2 atom stereocenters. The maximum atomic E-state index is 13.9. The van der Waals surface area contributed by atoms with Crippen LogP contribution in [0.1, 0.15) is 18.9 Å². The first-order valence-electron chi connectivity index (χ1n) is 11.3. The predicted octanol–water partition coefficient (Wildman–Crippen LogP) is 3.14. The molecule has 4 aromatic heterocycles. The Morgan fingerprint density at radius 3 is 2.89 bits per heavy atom. The molecule has 0 aromatic carbocycles. The Hall–Kier alpha value is -3.79. The molecule has 1 saturated carbocycles. The number of H-pyrrole nitrogens is 1. The minimum atomic E-state index is -0.454. The number of hydrogen-bond donors (Lipinski definition) is 3. The zero-order valence-electron chi connectivity index (χ0n) is 18.7. The standard InChI is InChI=1S/C24H21ClFN7O2/c1-27-19(34)9-31-24(35)20-12-2-11(3-12)4-18(20)33-10-17(25)16-8-30-22(32-23(16)33)15-7-29-21-14(15)5-13(26)6-28-21/h4-8,10,12,18,20H,2-3,9H2,1H3,(H,27,34)(H,28,29)(H,31,35)/t18-,20-/m0/s1. The summed E-state index contributed by atoms with van der Waals surface area (Å²) in [6.07, 6.45) is 10.1. The fourth-order valence-corrected chi connectivity index (χ4v) is 5.37. The molecule has 0 unspecified atom stereocenters. The highest BCUT2D eigenvalue weighted by atomic mass is 35.5. The van der Waals surface area contributed by atoms with Crippen LogP contribution in [0.2, 0.25) is 5.02 Å². The molecule has 3 aliphatic rings. The lowest BCUT2D eigenvalue weighted by molar-refractivity contribution is -0.131. The van der Waals surface area contributed by atoms with E-state index in [-0.39, 0.29) is 36.2 Å². The Morgan fingerprint density at radius 2 is 2.09 bits per heavy atom. The first-order chi connectivity index (χ1) is 16.9. The molecule has 11 heteroatoms. The van der Waals surface area contributed by atoms with E-state index in [0.29, 0.717) is 38.5 Å². The van der Waals surface area contributed by atoms with Gasteiger partial charge in [0.1, 0.15) is 17.1 Å². The van der Waals surface area contributed by atoms with Crippen molar-refractivity contribution in [2.24, 2.45) is 11.8 Å². The second-order valence-electron chi connectivity index (χ2n) is 8.97. The molecule has 9 nitrogen and oxygen atoms in total. The van der Waals surface area contributed by atoms with Crippen LogP contribution < -0.4 is 10.6 Å². The smallest absolute Gasteiger partial charge is 0.239 e. The number of aromatic nitrogens is 5. The van der Waals surface area contributed by atoms with Crippen molar-refractivity contribution in [3.63, 3.8) is 0 Å². The van der Waals surface area contributed by atoms with Gasteiger partial charge < -0.3 is 20.2 Å². The quantitative estimate of drug-likeness (QED) is 0.369. The number of allylic oxidation sites excluding steroid dienone is 2. The molecule has 0 saturated heterocycles. The van der Waals surface area contributed by atoms with Gasteiger partial charge in [0.05, 0.1) is 35.1 Å². The lowest BCUT2D eigenvalue weighted by Crippen LogP contribution is -2.47. The van der Waals surface area contributed by atoms with Crippen LogP contribution in [0.25, 0.3) is 33.5 Å². The summed E-state index contributed by atoms with van der Waals surface area (Å²) >= 11 is 6.55. The van der Waals surface area contributed by atoms with Gasteiger partial charge in [0.25, 0.3) is 0 Å². The van der Waals surface area contributed by atoms with Crippen molar-refractivity contribution < 1.29 is 14.0 Å². The van der Waals surface area contributed by atoms with E-state index in [1.54, 1.807) is 18.6 Å². The average molecular weight is 494 g/mol. The zero-order valence-corrected chi connectivity index (χ0v) is 19.4. The second-order valence-corrected chi connectivity index (χ2v) is 9.38. The van der Waals surface area contributed by atoms with Gasteiger partial charge in [0, 0.05) is 36.6 Å². The molecule has 7 rings (SSSR count). The molecule has 0 spiro atoms. The number of nitrogens with one attached hydrogen (secondary N) is 3. The highest BCUT2D eigenvalue weighted by molar-refractivity contribution is 6.35. The highest BCUT2D eigenvalue weighted by Gasteiger charge is 2.45. The van der Waals surface area contributed by atoms with Crippen LogP contribution in [0, 0.1) is 17.7 Å². The largest absolute Gasteiger partial charge is 0.358 e. The van der Waals surface area contributed by atoms with E-state index >= 15 is 0 Å². The summed E-state index contributed by atoms with van der Waals surface area (Å²) in [7, 11) is 1.53. The van der Waals surface area contributed by atoms with Gasteiger partial charge in [-0.15, -0.1) is 0 Å². The van der Waals surface area contributed by atoms with Crippen LogP contribution >= 0.6 is 11.6 Å². The first-order valence-corrected chi connectivity index (χ1v) is 11.6. The van der Waals surface area contributed by atoms with Crippen molar-refractivity contribution in [3.05, 3.63) is 53.3 Å². The van der Waals surface area contributed by atoms with Crippen molar-refractivity contribution in [1.29, 1.82) is 0 Å². The van der Waals surface area contributed by atoms with Gasteiger partial charge in [-0.25, -0.2) is 19.3 Å². The highest BCUT2D eigenvalue weighted by Crippen LogP contribution is 2.50. The average Bonchev–Trinajstić information content (AvgIpc) is 3.41. The van der Waals surface area contributed by atoms with Crippen LogP contribution in [0.5, 0.6) is 0 Å². The zero-order chi connectivity index (χ0) is 24.3. The molecule has 4 heterocycles. The molecule has 2 amide bonds. The molecule has 4 aromatic rings. The van der Waals surface area contributed by atoms with Gasteiger partial charge in [-0.1, -0.05) is 23.3 Å². The lowest BCUT2D eigenvalue weighted by atomic mass is 9.63. The number of rotatable bonds is 5. The number of amides is 2. The normalized spacial score (nSPS) is 21.0. The molecule has 3 N–H and O–H groups in total. The predicted molar refractivity (Wildman–Crippen MR) is 128 cm³/mol. The molecular weight excluding hydrogens is 473 g/mol. The Morgan fingerprint density at radius 1 is 1.26 bits per heavy atom. The Bertz CT molecular complexity index is 1530. The van der Waals surface area contributed by atoms with E-state index in [4.69, 9.17) is 16.6 Å². The topological polar surface area (TPSA) is 118 Å².